The van der Waals surface area contributed by atoms with Gasteiger partial charge in [0.15, 0.2) is 0 Å². The molecular weight excluding hydrogens is 170 g/mol. The van der Waals surface area contributed by atoms with Crippen LogP contribution < -0.4 is 5.73 Å². The molecule has 0 spiro atoms. The minimum absolute atomic E-state index is 0.270. The van der Waals surface area contributed by atoms with Gasteiger partial charge in [-0.2, -0.15) is 0 Å². The van der Waals surface area contributed by atoms with Crippen LogP contribution in [0.2, 0.25) is 0 Å². The van der Waals surface area contributed by atoms with Crippen LogP contribution in [0.15, 0.2) is 12.1 Å². The van der Waals surface area contributed by atoms with Gasteiger partial charge in [-0.1, -0.05) is 18.6 Å². The molecule has 0 amide bonds. The number of hydrogen-bond donors (Lipinski definition) is 1. The highest BCUT2D eigenvalue weighted by Crippen LogP contribution is 2.28. The molecule has 0 saturated carbocycles. The van der Waals surface area contributed by atoms with Crippen LogP contribution in [-0.2, 0) is 6.42 Å². The highest BCUT2D eigenvalue weighted by molar-refractivity contribution is 5.39. The Morgan fingerprint density at radius 3 is 2.64 bits per heavy atom. The maximum Gasteiger partial charge on any atom is 0.0297 e. The number of nitrogens with two attached hydrogens (primary N) is 1. The zero-order valence-electron chi connectivity index (χ0n) is 9.14. The number of rotatable bonds is 0. The zero-order chi connectivity index (χ0) is 10.1. The molecule has 0 saturated heterocycles. The Labute approximate surface area is 86.3 Å². The van der Waals surface area contributed by atoms with Crippen LogP contribution in [0.3, 0.4) is 0 Å². The van der Waals surface area contributed by atoms with Crippen molar-refractivity contribution in [2.45, 2.75) is 45.6 Å². The second-order valence-corrected chi connectivity index (χ2v) is 4.49. The molecule has 1 aromatic carbocycles. The van der Waals surface area contributed by atoms with Crippen LogP contribution in [0.4, 0.5) is 0 Å². The smallest absolute Gasteiger partial charge is 0.0297 e. The third-order valence-electron chi connectivity index (χ3n) is 3.37. The summed E-state index contributed by atoms with van der Waals surface area (Å²) in [5.74, 6) is 0. The molecular formula is C13H19N. The van der Waals surface area contributed by atoms with Gasteiger partial charge in [0.2, 0.25) is 0 Å². The molecule has 2 rings (SSSR count). The quantitative estimate of drug-likeness (QED) is 0.624. The van der Waals surface area contributed by atoms with Crippen LogP contribution in [0.5, 0.6) is 0 Å². The molecule has 0 aliphatic heterocycles. The summed E-state index contributed by atoms with van der Waals surface area (Å²) >= 11 is 0. The van der Waals surface area contributed by atoms with E-state index in [2.05, 4.69) is 26.0 Å². The second-order valence-electron chi connectivity index (χ2n) is 4.49. The average Bonchev–Trinajstić information content (AvgIpc) is 2.31. The van der Waals surface area contributed by atoms with E-state index in [4.69, 9.17) is 5.73 Å². The summed E-state index contributed by atoms with van der Waals surface area (Å²) in [6.45, 7) is 4.36. The van der Waals surface area contributed by atoms with Gasteiger partial charge in [-0.05, 0) is 55.4 Å². The Hall–Kier alpha value is -0.820. The van der Waals surface area contributed by atoms with Gasteiger partial charge < -0.3 is 5.73 Å². The standard InChI is InChI=1S/C13H19N/c1-9-7-11-5-3-4-6-13(14)12(11)8-10(9)2/h7-8,13H,3-6,14H2,1-2H3. The van der Waals surface area contributed by atoms with E-state index < -0.39 is 0 Å². The summed E-state index contributed by atoms with van der Waals surface area (Å²) in [4.78, 5) is 0. The second kappa shape index (κ2) is 3.74. The fourth-order valence-electron chi connectivity index (χ4n) is 2.30. The Bertz CT molecular complexity index is 341. The van der Waals surface area contributed by atoms with Crippen molar-refractivity contribution in [2.75, 3.05) is 0 Å². The van der Waals surface area contributed by atoms with Crippen LogP contribution in [0, 0.1) is 13.8 Å². The van der Waals surface area contributed by atoms with Gasteiger partial charge in [-0.15, -0.1) is 0 Å². The lowest BCUT2D eigenvalue weighted by atomic mass is 9.94. The predicted molar refractivity (Wildman–Crippen MR) is 60.4 cm³/mol. The van der Waals surface area contributed by atoms with Gasteiger partial charge in [-0.3, -0.25) is 0 Å². The molecule has 1 unspecified atom stereocenters. The van der Waals surface area contributed by atoms with Crippen LogP contribution in [0.25, 0.3) is 0 Å². The third kappa shape index (κ3) is 1.69. The van der Waals surface area contributed by atoms with Crippen molar-refractivity contribution in [1.82, 2.24) is 0 Å². The normalized spacial score (nSPS) is 21.5. The molecule has 0 aromatic heterocycles. The first-order valence-corrected chi connectivity index (χ1v) is 5.54. The highest BCUT2D eigenvalue weighted by Gasteiger charge is 2.15. The van der Waals surface area contributed by atoms with E-state index in [1.807, 2.05) is 0 Å². The Morgan fingerprint density at radius 1 is 1.14 bits per heavy atom. The fraction of sp³-hybridized carbons (Fsp3) is 0.538. The summed E-state index contributed by atoms with van der Waals surface area (Å²) in [5, 5.41) is 0. The molecule has 1 nitrogen and oxygen atoms in total. The summed E-state index contributed by atoms with van der Waals surface area (Å²) in [6, 6.07) is 4.89. The SMILES string of the molecule is Cc1cc2c(cc1C)C(N)CCCC2. The van der Waals surface area contributed by atoms with E-state index >= 15 is 0 Å². The molecule has 1 heteroatoms. The molecule has 0 fully saturated rings. The highest BCUT2D eigenvalue weighted by atomic mass is 14.6. The molecule has 1 aliphatic carbocycles. The monoisotopic (exact) mass is 189 g/mol. The largest absolute Gasteiger partial charge is 0.324 e. The van der Waals surface area contributed by atoms with Crippen molar-refractivity contribution in [3.63, 3.8) is 0 Å². The van der Waals surface area contributed by atoms with E-state index in [0.29, 0.717) is 0 Å². The topological polar surface area (TPSA) is 26.0 Å². The maximum atomic E-state index is 6.17. The predicted octanol–water partition coefficient (Wildman–Crippen LogP) is 3.03. The summed E-state index contributed by atoms with van der Waals surface area (Å²) in [6.07, 6.45) is 4.93. The van der Waals surface area contributed by atoms with Gasteiger partial charge >= 0.3 is 0 Å². The van der Waals surface area contributed by atoms with E-state index in [0.717, 1.165) is 6.42 Å². The van der Waals surface area contributed by atoms with E-state index in [1.165, 1.54) is 41.5 Å². The van der Waals surface area contributed by atoms with Gasteiger partial charge in [0.05, 0.1) is 0 Å². The summed E-state index contributed by atoms with van der Waals surface area (Å²) in [5.41, 5.74) is 11.8. The van der Waals surface area contributed by atoms with Crippen molar-refractivity contribution in [3.05, 3.63) is 34.4 Å². The number of benzene rings is 1. The van der Waals surface area contributed by atoms with Crippen molar-refractivity contribution >= 4 is 0 Å². The molecule has 76 valence electrons. The lowest BCUT2D eigenvalue weighted by Gasteiger charge is -2.14. The Balaban J connectivity index is 2.49. The lowest BCUT2D eigenvalue weighted by Crippen LogP contribution is -2.11. The van der Waals surface area contributed by atoms with Crippen LogP contribution in [-0.4, -0.2) is 0 Å². The fourth-order valence-corrected chi connectivity index (χ4v) is 2.30. The molecule has 0 bridgehead atoms. The first-order valence-electron chi connectivity index (χ1n) is 5.54. The number of hydrogen-bond acceptors (Lipinski definition) is 1. The molecule has 1 aliphatic rings. The van der Waals surface area contributed by atoms with Crippen molar-refractivity contribution in [3.8, 4) is 0 Å². The van der Waals surface area contributed by atoms with Crippen molar-refractivity contribution in [2.24, 2.45) is 5.73 Å². The summed E-state index contributed by atoms with van der Waals surface area (Å²) < 4.78 is 0. The maximum absolute atomic E-state index is 6.17. The molecule has 0 heterocycles. The minimum Gasteiger partial charge on any atom is -0.324 e. The van der Waals surface area contributed by atoms with E-state index in [-0.39, 0.29) is 6.04 Å². The zero-order valence-corrected chi connectivity index (χ0v) is 9.14. The molecule has 0 radical (unpaired) electrons. The van der Waals surface area contributed by atoms with Crippen molar-refractivity contribution < 1.29 is 0 Å². The van der Waals surface area contributed by atoms with E-state index in [1.54, 1.807) is 0 Å². The Morgan fingerprint density at radius 2 is 1.86 bits per heavy atom. The number of aryl methyl sites for hydroxylation is 3. The molecule has 2 N–H and O–H groups in total. The lowest BCUT2D eigenvalue weighted by molar-refractivity contribution is 0.615. The van der Waals surface area contributed by atoms with Crippen molar-refractivity contribution in [1.29, 1.82) is 0 Å². The molecule has 1 atom stereocenters. The summed E-state index contributed by atoms with van der Waals surface area (Å²) in [7, 11) is 0. The third-order valence-corrected chi connectivity index (χ3v) is 3.37. The average molecular weight is 189 g/mol. The van der Waals surface area contributed by atoms with Gasteiger partial charge in [-0.25, -0.2) is 0 Å². The van der Waals surface area contributed by atoms with Crippen LogP contribution in [0.1, 0.15) is 47.6 Å². The van der Waals surface area contributed by atoms with Gasteiger partial charge in [0.1, 0.15) is 0 Å². The first-order chi connectivity index (χ1) is 6.68. The number of fused-ring (bicyclic) bond motifs is 1. The van der Waals surface area contributed by atoms with Gasteiger partial charge in [0, 0.05) is 6.04 Å². The van der Waals surface area contributed by atoms with Gasteiger partial charge in [0.25, 0.3) is 0 Å². The molecule has 14 heavy (non-hydrogen) atoms. The Kier molecular flexibility index (Phi) is 2.60. The van der Waals surface area contributed by atoms with E-state index in [9.17, 15) is 0 Å². The molecule has 1 aromatic rings. The first kappa shape index (κ1) is 9.72. The van der Waals surface area contributed by atoms with Crippen LogP contribution >= 0.6 is 0 Å². The minimum atomic E-state index is 0.270.